The molecule has 3 aliphatic carbocycles. The van der Waals surface area contributed by atoms with Crippen LogP contribution in [0.3, 0.4) is 0 Å². The van der Waals surface area contributed by atoms with Crippen LogP contribution in [0.5, 0.6) is 0 Å². The Bertz CT molecular complexity index is 1330. The van der Waals surface area contributed by atoms with Gasteiger partial charge in [0.2, 0.25) is 0 Å². The first-order chi connectivity index (χ1) is 15.3. The van der Waals surface area contributed by atoms with Crippen LogP contribution in [-0.4, -0.2) is 77.8 Å². The second-order valence-corrected chi connectivity index (χ2v) is 10.0. The largest absolute Gasteiger partial charge is 0.277 e. The third-order valence-corrected chi connectivity index (χ3v) is 7.17. The third kappa shape index (κ3) is 2.19. The van der Waals surface area contributed by atoms with Gasteiger partial charge in [-0.1, -0.05) is 10.4 Å². The summed E-state index contributed by atoms with van der Waals surface area (Å²) in [6.45, 7) is 8.70. The van der Waals surface area contributed by atoms with Gasteiger partial charge in [-0.3, -0.25) is 30.2 Å². The molecule has 5 aliphatic rings. The molecular formula is C22H22N10. The maximum Gasteiger partial charge on any atom is 0.110 e. The zero-order valence-electron chi connectivity index (χ0n) is 18.2. The average Bonchev–Trinajstić information content (AvgIpc) is 3.41. The van der Waals surface area contributed by atoms with E-state index in [0.29, 0.717) is 0 Å². The van der Waals surface area contributed by atoms with Gasteiger partial charge in [0, 0.05) is 0 Å². The number of H-pyrrole nitrogens is 2. The number of aromatic amines is 2. The number of aromatic nitrogens is 6. The summed E-state index contributed by atoms with van der Waals surface area (Å²) in [6.07, 6.45) is 8.26. The van der Waals surface area contributed by atoms with Gasteiger partial charge in [0.05, 0.1) is 68.5 Å². The standard InChI is InChI=1S/C22H22N10/c1-21(2)17-19(25-11-7-15-13(27-31-29-15)5-9(11)23-17)22(3,4)20-18(21)24-10-6-14-16(30-32-28-14)8-12(10)26-20/h5-12H,1-4H3,(H,27,29)(H,28,30). The molecule has 2 aromatic rings. The maximum absolute atomic E-state index is 5.22. The third-order valence-electron chi connectivity index (χ3n) is 7.17. The van der Waals surface area contributed by atoms with Crippen LogP contribution in [0.1, 0.15) is 27.7 Å². The number of fused-ring (bicyclic) bond motifs is 6. The fraction of sp³-hybridized carbons (Fsp3) is 0.455. The molecule has 0 aromatic carbocycles. The molecule has 2 N–H and O–H groups in total. The Morgan fingerprint density at radius 1 is 0.562 bits per heavy atom. The summed E-state index contributed by atoms with van der Waals surface area (Å²) in [5, 5.41) is 25.6. The van der Waals surface area contributed by atoms with E-state index in [1.54, 1.807) is 0 Å². The molecule has 0 amide bonds. The van der Waals surface area contributed by atoms with E-state index in [1.807, 2.05) is 0 Å². The second-order valence-electron chi connectivity index (χ2n) is 10.0. The molecule has 10 heteroatoms. The molecule has 10 nitrogen and oxygen atoms in total. The lowest BCUT2D eigenvalue weighted by Gasteiger charge is -2.48. The van der Waals surface area contributed by atoms with Gasteiger partial charge in [0.25, 0.3) is 0 Å². The summed E-state index contributed by atoms with van der Waals surface area (Å²) in [4.78, 5) is 20.9. The lowest BCUT2D eigenvalue weighted by Crippen LogP contribution is -2.62. The van der Waals surface area contributed by atoms with Gasteiger partial charge < -0.3 is 0 Å². The van der Waals surface area contributed by atoms with E-state index >= 15 is 0 Å². The molecule has 1 saturated carbocycles. The molecule has 1 fully saturated rings. The number of hydrogen-bond acceptors (Lipinski definition) is 8. The van der Waals surface area contributed by atoms with Crippen molar-refractivity contribution < 1.29 is 0 Å². The van der Waals surface area contributed by atoms with Crippen LogP contribution in [0.25, 0.3) is 24.3 Å². The molecule has 32 heavy (non-hydrogen) atoms. The lowest BCUT2D eigenvalue weighted by molar-refractivity contribution is 0.606. The van der Waals surface area contributed by atoms with Crippen LogP contribution in [-0.2, 0) is 0 Å². The number of rotatable bonds is 0. The number of aliphatic imine (C=N–C) groups is 4. The molecule has 4 unspecified atom stereocenters. The molecule has 160 valence electrons. The van der Waals surface area contributed by atoms with Gasteiger partial charge in [0.15, 0.2) is 0 Å². The van der Waals surface area contributed by atoms with Gasteiger partial charge in [0.1, 0.15) is 10.7 Å². The fourth-order valence-electron chi connectivity index (χ4n) is 5.39. The Morgan fingerprint density at radius 2 is 0.906 bits per heavy atom. The Morgan fingerprint density at radius 3 is 1.28 bits per heavy atom. The maximum atomic E-state index is 5.22. The summed E-state index contributed by atoms with van der Waals surface area (Å²) in [5.41, 5.74) is 3.12. The number of nitrogens with one attached hydrogen (secondary N) is 2. The monoisotopic (exact) mass is 426 g/mol. The van der Waals surface area contributed by atoms with Crippen LogP contribution in [0.4, 0.5) is 0 Å². The summed E-state index contributed by atoms with van der Waals surface area (Å²) in [7, 11) is 0. The van der Waals surface area contributed by atoms with Crippen LogP contribution >= 0.6 is 0 Å². The van der Waals surface area contributed by atoms with E-state index in [4.69, 9.17) is 20.0 Å². The molecule has 0 saturated heterocycles. The van der Waals surface area contributed by atoms with Gasteiger partial charge in [-0.15, -0.1) is 10.2 Å². The van der Waals surface area contributed by atoms with Crippen molar-refractivity contribution in [2.24, 2.45) is 30.8 Å². The smallest absolute Gasteiger partial charge is 0.110 e. The van der Waals surface area contributed by atoms with Crippen LogP contribution in [0.2, 0.25) is 0 Å². The molecular weight excluding hydrogens is 404 g/mol. The molecule has 0 spiro atoms. The highest BCUT2D eigenvalue weighted by atomic mass is 15.3. The highest BCUT2D eigenvalue weighted by Gasteiger charge is 2.54. The fourth-order valence-corrected chi connectivity index (χ4v) is 5.39. The minimum absolute atomic E-state index is 0.0813. The van der Waals surface area contributed by atoms with E-state index < -0.39 is 10.8 Å². The Hall–Kier alpha value is -3.56. The predicted octanol–water partition coefficient (Wildman–Crippen LogP) is -1.90. The van der Waals surface area contributed by atoms with Crippen molar-refractivity contribution in [2.45, 2.75) is 51.9 Å². The summed E-state index contributed by atoms with van der Waals surface area (Å²) < 4.78 is 0. The van der Waals surface area contributed by atoms with Crippen molar-refractivity contribution in [1.82, 2.24) is 30.8 Å². The van der Waals surface area contributed by atoms with Gasteiger partial charge >= 0.3 is 0 Å². The Balaban J connectivity index is 1.44. The molecule has 0 radical (unpaired) electrons. The van der Waals surface area contributed by atoms with E-state index in [1.165, 1.54) is 0 Å². The van der Waals surface area contributed by atoms with E-state index in [9.17, 15) is 0 Å². The Labute approximate surface area is 182 Å². The second kappa shape index (κ2) is 5.62. The predicted molar refractivity (Wildman–Crippen MR) is 122 cm³/mol. The van der Waals surface area contributed by atoms with Crippen LogP contribution < -0.4 is 21.4 Å². The van der Waals surface area contributed by atoms with Gasteiger partial charge in [-0.2, -0.15) is 0 Å². The first-order valence-electron chi connectivity index (χ1n) is 10.9. The molecule has 7 rings (SSSR count). The summed E-state index contributed by atoms with van der Waals surface area (Å²) >= 11 is 0. The highest BCUT2D eigenvalue weighted by Crippen LogP contribution is 2.43. The highest BCUT2D eigenvalue weighted by molar-refractivity contribution is 6.68. The van der Waals surface area contributed by atoms with E-state index in [-0.39, 0.29) is 24.2 Å². The average molecular weight is 426 g/mol. The van der Waals surface area contributed by atoms with Crippen molar-refractivity contribution in [3.05, 3.63) is 21.4 Å². The summed E-state index contributed by atoms with van der Waals surface area (Å²) in [5.74, 6) is 0. The SMILES string of the molecule is CC1(C)C2=NC3C=c4nn[nH]c4=CC3N=C2C(C)(C)C2=NC3C=c4[nH]nnc4=CC3N=C21. The van der Waals surface area contributed by atoms with Gasteiger partial charge in [-0.25, -0.2) is 0 Å². The number of hydrogen-bond donors (Lipinski definition) is 2. The lowest BCUT2D eigenvalue weighted by atomic mass is 9.60. The molecule has 4 heterocycles. The van der Waals surface area contributed by atoms with E-state index in [2.05, 4.69) is 82.8 Å². The van der Waals surface area contributed by atoms with Crippen LogP contribution in [0, 0.1) is 10.8 Å². The summed E-state index contributed by atoms with van der Waals surface area (Å²) in [6, 6.07) is -0.349. The van der Waals surface area contributed by atoms with Crippen molar-refractivity contribution in [2.75, 3.05) is 0 Å². The first-order valence-corrected chi connectivity index (χ1v) is 10.9. The zero-order valence-corrected chi connectivity index (χ0v) is 18.2. The van der Waals surface area contributed by atoms with Crippen molar-refractivity contribution >= 4 is 47.2 Å². The van der Waals surface area contributed by atoms with Crippen molar-refractivity contribution in [3.8, 4) is 0 Å². The van der Waals surface area contributed by atoms with Crippen molar-refractivity contribution in [3.63, 3.8) is 0 Å². The van der Waals surface area contributed by atoms with Crippen molar-refractivity contribution in [1.29, 1.82) is 0 Å². The quantitative estimate of drug-likeness (QED) is 0.509. The Kier molecular flexibility index (Phi) is 3.17. The number of nitrogens with zero attached hydrogens (tertiary/aromatic N) is 8. The van der Waals surface area contributed by atoms with Crippen LogP contribution in [0.15, 0.2) is 20.0 Å². The van der Waals surface area contributed by atoms with E-state index in [0.717, 1.165) is 44.2 Å². The normalized spacial score (nSPS) is 32.1. The minimum atomic E-state index is -0.418. The zero-order chi connectivity index (χ0) is 21.8. The van der Waals surface area contributed by atoms with Gasteiger partial charge in [-0.05, 0) is 52.0 Å². The molecule has 0 bridgehead atoms. The molecule has 2 aliphatic heterocycles. The molecule has 2 aromatic heterocycles. The first kappa shape index (κ1) is 18.1. The topological polar surface area (TPSA) is 133 Å². The molecule has 4 atom stereocenters. The minimum Gasteiger partial charge on any atom is -0.277 e.